The number of nitrogens with zero attached hydrogens (tertiary/aromatic N) is 2. The molecule has 1 saturated heterocycles. The van der Waals surface area contributed by atoms with Crippen molar-refractivity contribution in [3.63, 3.8) is 0 Å². The van der Waals surface area contributed by atoms with Crippen LogP contribution >= 0.6 is 0 Å². The second-order valence-corrected chi connectivity index (χ2v) is 2.65. The number of imidazole rings is 1. The van der Waals surface area contributed by atoms with Gasteiger partial charge in [-0.25, -0.2) is 4.98 Å². The lowest BCUT2D eigenvalue weighted by atomic mass is 10.2. The maximum Gasteiger partial charge on any atom is 0.0953 e. The van der Waals surface area contributed by atoms with Gasteiger partial charge in [0.25, 0.3) is 0 Å². The predicted octanol–water partition coefficient (Wildman–Crippen LogP) is 0.763. The van der Waals surface area contributed by atoms with Crippen LogP contribution in [-0.2, 0) is 4.74 Å². The number of rotatable bonds is 1. The highest BCUT2D eigenvalue weighted by Gasteiger charge is 2.19. The van der Waals surface area contributed by atoms with Gasteiger partial charge >= 0.3 is 0 Å². The normalized spacial score (nSPS) is 18.9. The van der Waals surface area contributed by atoms with Gasteiger partial charge in [-0.05, 0) is 6.92 Å². The monoisotopic (exact) mass is 138 g/mol. The van der Waals surface area contributed by atoms with Gasteiger partial charge in [0, 0.05) is 6.20 Å². The van der Waals surface area contributed by atoms with Crippen LogP contribution in [0.25, 0.3) is 0 Å². The van der Waals surface area contributed by atoms with Gasteiger partial charge in [0.05, 0.1) is 31.3 Å². The maximum absolute atomic E-state index is 5.05. The quantitative estimate of drug-likeness (QED) is 0.573. The summed E-state index contributed by atoms with van der Waals surface area (Å²) in [5, 5.41) is 0. The topological polar surface area (TPSA) is 27.1 Å². The van der Waals surface area contributed by atoms with E-state index in [2.05, 4.69) is 9.55 Å². The van der Waals surface area contributed by atoms with E-state index in [-0.39, 0.29) is 0 Å². The van der Waals surface area contributed by atoms with Crippen LogP contribution in [0.1, 0.15) is 11.7 Å². The molecule has 1 aromatic heterocycles. The molecule has 0 aromatic carbocycles. The molecule has 2 heterocycles. The molecule has 1 aliphatic rings. The summed E-state index contributed by atoms with van der Waals surface area (Å²) in [4.78, 5) is 4.13. The van der Waals surface area contributed by atoms with E-state index in [9.17, 15) is 0 Å². The van der Waals surface area contributed by atoms with Crippen LogP contribution in [-0.4, -0.2) is 22.8 Å². The first kappa shape index (κ1) is 5.92. The Morgan fingerprint density at radius 1 is 1.70 bits per heavy atom. The lowest BCUT2D eigenvalue weighted by molar-refractivity contribution is -0.0233. The van der Waals surface area contributed by atoms with E-state index in [0.29, 0.717) is 6.04 Å². The molecular formula is C7H10N2O. The van der Waals surface area contributed by atoms with Gasteiger partial charge < -0.3 is 9.30 Å². The van der Waals surface area contributed by atoms with Crippen LogP contribution in [0, 0.1) is 6.92 Å². The van der Waals surface area contributed by atoms with Crippen LogP contribution in [0.4, 0.5) is 0 Å². The number of hydrogen-bond acceptors (Lipinski definition) is 2. The lowest BCUT2D eigenvalue weighted by Crippen LogP contribution is -2.29. The van der Waals surface area contributed by atoms with Gasteiger partial charge in [-0.3, -0.25) is 0 Å². The molecule has 0 atom stereocenters. The fraction of sp³-hybridized carbons (Fsp3) is 0.571. The van der Waals surface area contributed by atoms with E-state index in [4.69, 9.17) is 4.74 Å². The predicted molar refractivity (Wildman–Crippen MR) is 36.8 cm³/mol. The Morgan fingerprint density at radius 2 is 2.50 bits per heavy atom. The van der Waals surface area contributed by atoms with E-state index in [1.807, 2.05) is 19.4 Å². The molecule has 0 spiro atoms. The SMILES string of the molecule is Cc1cn(C2COC2)cn1. The van der Waals surface area contributed by atoms with Crippen LogP contribution in [0.5, 0.6) is 0 Å². The molecule has 54 valence electrons. The first-order chi connectivity index (χ1) is 4.86. The van der Waals surface area contributed by atoms with E-state index < -0.39 is 0 Å². The van der Waals surface area contributed by atoms with Crippen LogP contribution in [0.2, 0.25) is 0 Å². The summed E-state index contributed by atoms with van der Waals surface area (Å²) >= 11 is 0. The fourth-order valence-electron chi connectivity index (χ4n) is 1.04. The Morgan fingerprint density at radius 3 is 2.90 bits per heavy atom. The number of aromatic nitrogens is 2. The van der Waals surface area contributed by atoms with E-state index in [1.54, 1.807) is 0 Å². The molecule has 10 heavy (non-hydrogen) atoms. The van der Waals surface area contributed by atoms with Gasteiger partial charge in [0.15, 0.2) is 0 Å². The Balaban J connectivity index is 2.17. The minimum absolute atomic E-state index is 0.543. The van der Waals surface area contributed by atoms with Crippen LogP contribution in [0.15, 0.2) is 12.5 Å². The van der Waals surface area contributed by atoms with E-state index in [0.717, 1.165) is 18.9 Å². The molecule has 0 aliphatic carbocycles. The summed E-state index contributed by atoms with van der Waals surface area (Å²) in [6, 6.07) is 0.543. The summed E-state index contributed by atoms with van der Waals surface area (Å²) in [6.45, 7) is 3.68. The average Bonchev–Trinajstić information content (AvgIpc) is 2.10. The Bertz CT molecular complexity index is 227. The smallest absolute Gasteiger partial charge is 0.0953 e. The van der Waals surface area contributed by atoms with Crippen molar-refractivity contribution < 1.29 is 4.74 Å². The van der Waals surface area contributed by atoms with Crippen molar-refractivity contribution in [2.24, 2.45) is 0 Å². The summed E-state index contributed by atoms with van der Waals surface area (Å²) < 4.78 is 7.16. The second kappa shape index (κ2) is 2.09. The van der Waals surface area contributed by atoms with Gasteiger partial charge in [0.2, 0.25) is 0 Å². The van der Waals surface area contributed by atoms with Crippen LogP contribution < -0.4 is 0 Å². The minimum atomic E-state index is 0.543. The number of aryl methyl sites for hydroxylation is 1. The Hall–Kier alpha value is -0.830. The zero-order chi connectivity index (χ0) is 6.97. The van der Waals surface area contributed by atoms with Gasteiger partial charge in [-0.2, -0.15) is 0 Å². The molecule has 2 rings (SSSR count). The van der Waals surface area contributed by atoms with E-state index >= 15 is 0 Å². The highest BCUT2D eigenvalue weighted by Crippen LogP contribution is 2.16. The Kier molecular flexibility index (Phi) is 1.24. The average molecular weight is 138 g/mol. The van der Waals surface area contributed by atoms with Crippen molar-refractivity contribution in [2.45, 2.75) is 13.0 Å². The third-order valence-corrected chi connectivity index (χ3v) is 1.77. The zero-order valence-corrected chi connectivity index (χ0v) is 5.95. The first-order valence-electron chi connectivity index (χ1n) is 3.44. The molecule has 1 aliphatic heterocycles. The zero-order valence-electron chi connectivity index (χ0n) is 5.95. The summed E-state index contributed by atoms with van der Waals surface area (Å²) in [5.41, 5.74) is 1.08. The molecule has 3 nitrogen and oxygen atoms in total. The van der Waals surface area contributed by atoms with Crippen molar-refractivity contribution in [1.82, 2.24) is 9.55 Å². The first-order valence-corrected chi connectivity index (χ1v) is 3.44. The molecule has 0 unspecified atom stereocenters. The molecule has 0 amide bonds. The summed E-state index contributed by atoms with van der Waals surface area (Å²) in [6.07, 6.45) is 3.91. The third-order valence-electron chi connectivity index (χ3n) is 1.77. The highest BCUT2D eigenvalue weighted by atomic mass is 16.5. The van der Waals surface area contributed by atoms with Gasteiger partial charge in [-0.15, -0.1) is 0 Å². The Labute approximate surface area is 59.6 Å². The van der Waals surface area contributed by atoms with E-state index in [1.165, 1.54) is 0 Å². The number of ether oxygens (including phenoxy) is 1. The van der Waals surface area contributed by atoms with Crippen molar-refractivity contribution in [1.29, 1.82) is 0 Å². The fourth-order valence-corrected chi connectivity index (χ4v) is 1.04. The third kappa shape index (κ3) is 0.827. The largest absolute Gasteiger partial charge is 0.377 e. The standard InChI is InChI=1S/C7H10N2O/c1-6-2-9(5-8-6)7-3-10-4-7/h2,5,7H,3-4H2,1H3. The van der Waals surface area contributed by atoms with Gasteiger partial charge in [0.1, 0.15) is 0 Å². The van der Waals surface area contributed by atoms with Crippen molar-refractivity contribution >= 4 is 0 Å². The van der Waals surface area contributed by atoms with Crippen molar-refractivity contribution in [2.75, 3.05) is 13.2 Å². The molecule has 3 heteroatoms. The molecule has 0 N–H and O–H groups in total. The molecule has 0 radical (unpaired) electrons. The number of hydrogen-bond donors (Lipinski definition) is 0. The van der Waals surface area contributed by atoms with Crippen LogP contribution in [0.3, 0.4) is 0 Å². The van der Waals surface area contributed by atoms with Gasteiger partial charge in [-0.1, -0.05) is 0 Å². The van der Waals surface area contributed by atoms with Crippen molar-refractivity contribution in [3.05, 3.63) is 18.2 Å². The second-order valence-electron chi connectivity index (χ2n) is 2.65. The summed E-state index contributed by atoms with van der Waals surface area (Å²) in [7, 11) is 0. The highest BCUT2D eigenvalue weighted by molar-refractivity contribution is 4.95. The molecule has 0 saturated carbocycles. The molecular weight excluding hydrogens is 128 g/mol. The van der Waals surface area contributed by atoms with Crippen molar-refractivity contribution in [3.8, 4) is 0 Å². The minimum Gasteiger partial charge on any atom is -0.377 e. The summed E-state index contributed by atoms with van der Waals surface area (Å²) in [5.74, 6) is 0. The molecule has 1 fully saturated rings. The molecule has 0 bridgehead atoms. The lowest BCUT2D eigenvalue weighted by Gasteiger charge is -2.26. The molecule has 1 aromatic rings. The maximum atomic E-state index is 5.05.